The average Bonchev–Trinajstić information content (AvgIpc) is 2.47. The molecule has 2 rings (SSSR count). The van der Waals surface area contributed by atoms with Crippen LogP contribution in [0, 0.1) is 5.92 Å². The number of aromatic nitrogens is 1. The van der Waals surface area contributed by atoms with Gasteiger partial charge in [0, 0.05) is 25.5 Å². The van der Waals surface area contributed by atoms with Crippen LogP contribution in [-0.4, -0.2) is 43.9 Å². The second kappa shape index (κ2) is 5.66. The molecule has 1 aromatic rings. The molecule has 0 aliphatic carbocycles. The predicted molar refractivity (Wildman–Crippen MR) is 67.7 cm³/mol. The van der Waals surface area contributed by atoms with Crippen LogP contribution < -0.4 is 0 Å². The van der Waals surface area contributed by atoms with Crippen molar-refractivity contribution in [3.05, 3.63) is 24.5 Å². The molecule has 1 aliphatic heterocycles. The molecule has 19 heavy (non-hydrogen) atoms. The van der Waals surface area contributed by atoms with Crippen molar-refractivity contribution in [2.24, 2.45) is 5.92 Å². The van der Waals surface area contributed by atoms with Crippen molar-refractivity contribution in [2.45, 2.75) is 17.7 Å². The van der Waals surface area contributed by atoms with E-state index < -0.39 is 10.0 Å². The maximum absolute atomic E-state index is 12.3. The molecule has 0 saturated carbocycles. The molecule has 0 bridgehead atoms. The summed E-state index contributed by atoms with van der Waals surface area (Å²) in [6, 6.07) is 3.11. The number of esters is 1. The summed E-state index contributed by atoms with van der Waals surface area (Å²) in [6.45, 7) is 0.661. The number of methoxy groups -OCH3 is 1. The number of hydrogen-bond acceptors (Lipinski definition) is 5. The van der Waals surface area contributed by atoms with E-state index in [0.29, 0.717) is 25.9 Å². The Morgan fingerprint density at radius 1 is 1.42 bits per heavy atom. The Morgan fingerprint density at radius 3 is 2.63 bits per heavy atom. The van der Waals surface area contributed by atoms with E-state index in [-0.39, 0.29) is 16.8 Å². The number of hydrogen-bond donors (Lipinski definition) is 0. The van der Waals surface area contributed by atoms with Crippen LogP contribution in [0.3, 0.4) is 0 Å². The molecule has 0 N–H and O–H groups in total. The summed E-state index contributed by atoms with van der Waals surface area (Å²) in [5.74, 6) is -0.469. The quantitative estimate of drug-likeness (QED) is 0.762. The summed E-state index contributed by atoms with van der Waals surface area (Å²) in [6.07, 6.45) is 3.85. The van der Waals surface area contributed by atoms with E-state index in [4.69, 9.17) is 0 Å². The molecule has 0 aromatic carbocycles. The molecule has 0 amide bonds. The highest BCUT2D eigenvalue weighted by Gasteiger charge is 2.32. The average molecular weight is 284 g/mol. The SMILES string of the molecule is COC(=O)C1CCN(S(=O)(=O)c2cccnc2)CC1. The molecular formula is C12H16N2O4S. The zero-order valence-corrected chi connectivity index (χ0v) is 11.5. The van der Waals surface area contributed by atoms with Gasteiger partial charge in [0.05, 0.1) is 13.0 Å². The highest BCUT2D eigenvalue weighted by atomic mass is 32.2. The molecular weight excluding hydrogens is 268 g/mol. The van der Waals surface area contributed by atoms with Gasteiger partial charge in [-0.3, -0.25) is 9.78 Å². The largest absolute Gasteiger partial charge is 0.469 e. The van der Waals surface area contributed by atoms with Gasteiger partial charge in [0.25, 0.3) is 0 Å². The van der Waals surface area contributed by atoms with Gasteiger partial charge in [0.15, 0.2) is 0 Å². The van der Waals surface area contributed by atoms with E-state index in [1.54, 1.807) is 6.07 Å². The number of carbonyl (C=O) groups excluding carboxylic acids is 1. The van der Waals surface area contributed by atoms with Gasteiger partial charge >= 0.3 is 5.97 Å². The Kier molecular flexibility index (Phi) is 4.16. The minimum atomic E-state index is -3.50. The fraction of sp³-hybridized carbons (Fsp3) is 0.500. The Morgan fingerprint density at radius 2 is 2.11 bits per heavy atom. The lowest BCUT2D eigenvalue weighted by Crippen LogP contribution is -2.40. The highest BCUT2D eigenvalue weighted by Crippen LogP contribution is 2.23. The van der Waals surface area contributed by atoms with E-state index in [1.807, 2.05) is 0 Å². The maximum Gasteiger partial charge on any atom is 0.308 e. The molecule has 6 nitrogen and oxygen atoms in total. The molecule has 2 heterocycles. The molecule has 1 saturated heterocycles. The second-order valence-electron chi connectivity index (χ2n) is 4.39. The van der Waals surface area contributed by atoms with Crippen LogP contribution in [0.1, 0.15) is 12.8 Å². The normalized spacial score (nSPS) is 18.2. The van der Waals surface area contributed by atoms with Crippen molar-refractivity contribution in [3.63, 3.8) is 0 Å². The highest BCUT2D eigenvalue weighted by molar-refractivity contribution is 7.89. The van der Waals surface area contributed by atoms with Crippen LogP contribution in [-0.2, 0) is 19.6 Å². The summed E-state index contributed by atoms with van der Waals surface area (Å²) >= 11 is 0. The lowest BCUT2D eigenvalue weighted by atomic mass is 9.99. The Hall–Kier alpha value is -1.47. The minimum Gasteiger partial charge on any atom is -0.469 e. The zero-order chi connectivity index (χ0) is 13.9. The van der Waals surface area contributed by atoms with Crippen molar-refractivity contribution in [2.75, 3.05) is 20.2 Å². The number of sulfonamides is 1. The molecule has 1 aromatic heterocycles. The monoisotopic (exact) mass is 284 g/mol. The van der Waals surface area contributed by atoms with Gasteiger partial charge < -0.3 is 4.74 Å². The lowest BCUT2D eigenvalue weighted by molar-refractivity contribution is -0.146. The van der Waals surface area contributed by atoms with Crippen LogP contribution >= 0.6 is 0 Å². The number of rotatable bonds is 3. The third kappa shape index (κ3) is 2.93. The summed E-state index contributed by atoms with van der Waals surface area (Å²) in [5.41, 5.74) is 0. The van der Waals surface area contributed by atoms with Crippen molar-refractivity contribution in [1.29, 1.82) is 0 Å². The van der Waals surface area contributed by atoms with Crippen molar-refractivity contribution in [1.82, 2.24) is 9.29 Å². The minimum absolute atomic E-state index is 0.187. The molecule has 0 atom stereocenters. The first-order valence-electron chi connectivity index (χ1n) is 6.03. The molecule has 0 unspecified atom stereocenters. The predicted octanol–water partition coefficient (Wildman–Crippen LogP) is 0.655. The standard InChI is InChI=1S/C12H16N2O4S/c1-18-12(15)10-4-7-14(8-5-10)19(16,17)11-3-2-6-13-9-11/h2-3,6,9-10H,4-5,7-8H2,1H3. The fourth-order valence-electron chi connectivity index (χ4n) is 2.15. The molecule has 104 valence electrons. The first-order chi connectivity index (χ1) is 9.05. The summed E-state index contributed by atoms with van der Waals surface area (Å²) in [5, 5.41) is 0. The van der Waals surface area contributed by atoms with Crippen LogP contribution in [0.5, 0.6) is 0 Å². The van der Waals surface area contributed by atoms with Gasteiger partial charge in [0.1, 0.15) is 4.90 Å². The number of nitrogens with zero attached hydrogens (tertiary/aromatic N) is 2. The zero-order valence-electron chi connectivity index (χ0n) is 10.7. The molecule has 1 aliphatic rings. The third-order valence-electron chi connectivity index (χ3n) is 3.26. The Bertz CT molecular complexity index is 536. The first kappa shape index (κ1) is 14.0. The molecule has 0 radical (unpaired) electrons. The number of ether oxygens (including phenoxy) is 1. The van der Waals surface area contributed by atoms with Crippen molar-refractivity contribution in [3.8, 4) is 0 Å². The second-order valence-corrected chi connectivity index (χ2v) is 6.33. The van der Waals surface area contributed by atoms with Crippen molar-refractivity contribution < 1.29 is 17.9 Å². The van der Waals surface area contributed by atoms with Gasteiger partial charge in [0.2, 0.25) is 10.0 Å². The van der Waals surface area contributed by atoms with E-state index in [0.717, 1.165) is 0 Å². The van der Waals surface area contributed by atoms with Crippen molar-refractivity contribution >= 4 is 16.0 Å². The number of carbonyl (C=O) groups is 1. The van der Waals surface area contributed by atoms with Crippen LogP contribution in [0.25, 0.3) is 0 Å². The molecule has 7 heteroatoms. The number of pyridine rings is 1. The summed E-state index contributed by atoms with van der Waals surface area (Å²) < 4.78 is 30.7. The van der Waals surface area contributed by atoms with Crippen LogP contribution in [0.4, 0.5) is 0 Å². The Balaban J connectivity index is 2.08. The smallest absolute Gasteiger partial charge is 0.308 e. The molecule has 0 spiro atoms. The molecule has 1 fully saturated rings. The topological polar surface area (TPSA) is 76.6 Å². The van der Waals surface area contributed by atoms with E-state index in [9.17, 15) is 13.2 Å². The van der Waals surface area contributed by atoms with Crippen LogP contribution in [0.15, 0.2) is 29.4 Å². The fourth-order valence-corrected chi connectivity index (χ4v) is 3.58. The third-order valence-corrected chi connectivity index (χ3v) is 5.14. The maximum atomic E-state index is 12.3. The van der Waals surface area contributed by atoms with E-state index in [1.165, 1.54) is 29.9 Å². The van der Waals surface area contributed by atoms with E-state index >= 15 is 0 Å². The van der Waals surface area contributed by atoms with E-state index in [2.05, 4.69) is 9.72 Å². The van der Waals surface area contributed by atoms with Gasteiger partial charge in [-0.15, -0.1) is 0 Å². The van der Waals surface area contributed by atoms with Gasteiger partial charge in [-0.1, -0.05) is 0 Å². The summed E-state index contributed by atoms with van der Waals surface area (Å²) in [4.78, 5) is 15.4. The van der Waals surface area contributed by atoms with Gasteiger partial charge in [-0.05, 0) is 25.0 Å². The Labute approximate surface area is 112 Å². The van der Waals surface area contributed by atoms with Gasteiger partial charge in [-0.25, -0.2) is 8.42 Å². The lowest BCUT2D eigenvalue weighted by Gasteiger charge is -2.29. The van der Waals surface area contributed by atoms with Crippen LogP contribution in [0.2, 0.25) is 0 Å². The summed E-state index contributed by atoms with van der Waals surface area (Å²) in [7, 11) is -2.15. The number of piperidine rings is 1. The van der Waals surface area contributed by atoms with Gasteiger partial charge in [-0.2, -0.15) is 4.31 Å². The first-order valence-corrected chi connectivity index (χ1v) is 7.47.